The molecule has 4 heteroatoms. The Morgan fingerprint density at radius 3 is 2.47 bits per heavy atom. The highest BCUT2D eigenvalue weighted by Gasteiger charge is 2.41. The van der Waals surface area contributed by atoms with Gasteiger partial charge in [-0.3, -0.25) is 0 Å². The van der Waals surface area contributed by atoms with Crippen LogP contribution in [0, 0.1) is 24.7 Å². The van der Waals surface area contributed by atoms with Gasteiger partial charge in [-0.1, -0.05) is 0 Å². The summed E-state index contributed by atoms with van der Waals surface area (Å²) in [5, 5.41) is 3.77. The molecule has 1 aromatic rings. The van der Waals surface area contributed by atoms with E-state index in [2.05, 4.69) is 15.3 Å². The Balaban J connectivity index is 1.61. The van der Waals surface area contributed by atoms with Crippen molar-refractivity contribution < 1.29 is 0 Å². The van der Waals surface area contributed by atoms with Gasteiger partial charge >= 0.3 is 0 Å². The fourth-order valence-electron chi connectivity index (χ4n) is 2.61. The summed E-state index contributed by atoms with van der Waals surface area (Å²) in [5.41, 5.74) is 0.918. The molecule has 17 heavy (non-hydrogen) atoms. The van der Waals surface area contributed by atoms with Crippen LogP contribution in [0.4, 0.5) is 5.82 Å². The van der Waals surface area contributed by atoms with Crippen LogP contribution in [0.3, 0.4) is 0 Å². The van der Waals surface area contributed by atoms with Crippen molar-refractivity contribution >= 4 is 17.4 Å². The van der Waals surface area contributed by atoms with E-state index >= 15 is 0 Å². The summed E-state index contributed by atoms with van der Waals surface area (Å²) in [7, 11) is 0. The molecule has 1 heterocycles. The maximum atomic E-state index is 5.85. The lowest BCUT2D eigenvalue weighted by atomic mass is 9.98. The minimum atomic E-state index is 0.335. The van der Waals surface area contributed by atoms with E-state index in [9.17, 15) is 0 Å². The van der Waals surface area contributed by atoms with Gasteiger partial charge in [-0.25, -0.2) is 9.97 Å². The van der Waals surface area contributed by atoms with Gasteiger partial charge in [0.1, 0.15) is 5.82 Å². The molecule has 0 aliphatic heterocycles. The number of halogens is 1. The second-order valence-electron chi connectivity index (χ2n) is 5.38. The van der Waals surface area contributed by atoms with Gasteiger partial charge in [-0.05, 0) is 62.0 Å². The zero-order valence-corrected chi connectivity index (χ0v) is 10.9. The summed E-state index contributed by atoms with van der Waals surface area (Å²) in [5.74, 6) is 3.65. The maximum Gasteiger partial charge on any atom is 0.224 e. The monoisotopic (exact) mass is 251 g/mol. The average Bonchev–Trinajstić information content (AvgIpc) is 3.12. The molecule has 3 nitrogen and oxygen atoms in total. The first-order chi connectivity index (χ1) is 8.22. The van der Waals surface area contributed by atoms with Crippen LogP contribution in [0.1, 0.15) is 31.4 Å². The molecule has 1 N–H and O–H groups in total. The van der Waals surface area contributed by atoms with Crippen molar-refractivity contribution in [2.24, 2.45) is 17.8 Å². The molecular weight excluding hydrogens is 234 g/mol. The van der Waals surface area contributed by atoms with Crippen molar-refractivity contribution in [3.8, 4) is 0 Å². The Hall–Kier alpha value is -0.830. The molecule has 92 valence electrons. The standard InChI is InChI=1S/C13H18ClN3/c1-8-6-12(17-13(14)16-8)15-7-11(9-2-3-9)10-4-5-10/h6,9-11H,2-5,7H2,1H3,(H,15,16,17). The average molecular weight is 252 g/mol. The third kappa shape index (κ3) is 2.89. The topological polar surface area (TPSA) is 37.8 Å². The lowest BCUT2D eigenvalue weighted by molar-refractivity contribution is 0.427. The summed E-state index contributed by atoms with van der Waals surface area (Å²) >= 11 is 5.85. The van der Waals surface area contributed by atoms with Crippen molar-refractivity contribution in [2.45, 2.75) is 32.6 Å². The molecule has 0 aromatic carbocycles. The molecular formula is C13H18ClN3. The normalized spacial score (nSPS) is 19.7. The van der Waals surface area contributed by atoms with Gasteiger partial charge < -0.3 is 5.32 Å². The Morgan fingerprint density at radius 2 is 1.94 bits per heavy atom. The van der Waals surface area contributed by atoms with Crippen LogP contribution >= 0.6 is 11.6 Å². The van der Waals surface area contributed by atoms with Gasteiger partial charge in [-0.15, -0.1) is 0 Å². The predicted molar refractivity (Wildman–Crippen MR) is 69.2 cm³/mol. The van der Waals surface area contributed by atoms with Crippen LogP contribution in [0.15, 0.2) is 6.07 Å². The smallest absolute Gasteiger partial charge is 0.224 e. The lowest BCUT2D eigenvalue weighted by Crippen LogP contribution is -2.19. The highest BCUT2D eigenvalue weighted by atomic mass is 35.5. The predicted octanol–water partition coefficient (Wildman–Crippen LogP) is 3.29. The molecule has 3 rings (SSSR count). The molecule has 0 spiro atoms. The van der Waals surface area contributed by atoms with E-state index in [1.54, 1.807) is 0 Å². The number of nitrogens with one attached hydrogen (secondary N) is 1. The van der Waals surface area contributed by atoms with E-state index in [4.69, 9.17) is 11.6 Å². The molecule has 2 aliphatic carbocycles. The molecule has 0 radical (unpaired) electrons. The number of hydrogen-bond donors (Lipinski definition) is 1. The Bertz CT molecular complexity index is 381. The molecule has 2 fully saturated rings. The molecule has 0 saturated heterocycles. The van der Waals surface area contributed by atoms with E-state index < -0.39 is 0 Å². The number of hydrogen-bond acceptors (Lipinski definition) is 3. The molecule has 0 amide bonds. The highest BCUT2D eigenvalue weighted by molar-refractivity contribution is 6.28. The number of aromatic nitrogens is 2. The van der Waals surface area contributed by atoms with Gasteiger partial charge in [0.05, 0.1) is 0 Å². The lowest BCUT2D eigenvalue weighted by Gasteiger charge is -2.16. The summed E-state index contributed by atoms with van der Waals surface area (Å²) in [6.45, 7) is 2.99. The third-order valence-electron chi connectivity index (χ3n) is 3.80. The maximum absolute atomic E-state index is 5.85. The van der Waals surface area contributed by atoms with Crippen LogP contribution in [-0.2, 0) is 0 Å². The van der Waals surface area contributed by atoms with Crippen molar-refractivity contribution in [1.82, 2.24) is 9.97 Å². The Kier molecular flexibility index (Phi) is 2.95. The van der Waals surface area contributed by atoms with Crippen LogP contribution < -0.4 is 5.32 Å². The molecule has 0 unspecified atom stereocenters. The summed E-state index contributed by atoms with van der Waals surface area (Å²) in [6, 6.07) is 1.96. The third-order valence-corrected chi connectivity index (χ3v) is 3.97. The number of nitrogens with zero attached hydrogens (tertiary/aromatic N) is 2. The fourth-order valence-corrected chi connectivity index (χ4v) is 2.84. The van der Waals surface area contributed by atoms with Crippen LogP contribution in [-0.4, -0.2) is 16.5 Å². The first-order valence-corrected chi connectivity index (χ1v) is 6.85. The van der Waals surface area contributed by atoms with Crippen molar-refractivity contribution in [3.05, 3.63) is 17.0 Å². The fraction of sp³-hybridized carbons (Fsp3) is 0.692. The van der Waals surface area contributed by atoms with Crippen molar-refractivity contribution in [2.75, 3.05) is 11.9 Å². The number of rotatable bonds is 5. The Labute approximate surface area is 107 Å². The van der Waals surface area contributed by atoms with E-state index in [1.165, 1.54) is 25.7 Å². The second kappa shape index (κ2) is 4.45. The van der Waals surface area contributed by atoms with Crippen LogP contribution in [0.2, 0.25) is 5.28 Å². The van der Waals surface area contributed by atoms with Gasteiger partial charge in [0.15, 0.2) is 0 Å². The molecule has 0 bridgehead atoms. The van der Waals surface area contributed by atoms with Crippen molar-refractivity contribution in [3.63, 3.8) is 0 Å². The zero-order chi connectivity index (χ0) is 11.8. The van der Waals surface area contributed by atoms with Crippen LogP contribution in [0.25, 0.3) is 0 Å². The molecule has 0 atom stereocenters. The van der Waals surface area contributed by atoms with Crippen LogP contribution in [0.5, 0.6) is 0 Å². The molecule has 2 saturated carbocycles. The zero-order valence-electron chi connectivity index (χ0n) is 10.1. The largest absolute Gasteiger partial charge is 0.370 e. The summed E-state index contributed by atoms with van der Waals surface area (Å²) < 4.78 is 0. The minimum Gasteiger partial charge on any atom is -0.370 e. The molecule has 2 aliphatic rings. The van der Waals surface area contributed by atoms with Gasteiger partial charge in [-0.2, -0.15) is 0 Å². The molecule has 1 aromatic heterocycles. The van der Waals surface area contributed by atoms with Crippen molar-refractivity contribution in [1.29, 1.82) is 0 Å². The van der Waals surface area contributed by atoms with E-state index in [-0.39, 0.29) is 0 Å². The van der Waals surface area contributed by atoms with Gasteiger partial charge in [0.25, 0.3) is 0 Å². The Morgan fingerprint density at radius 1 is 1.29 bits per heavy atom. The van der Waals surface area contributed by atoms with E-state index in [0.29, 0.717) is 5.28 Å². The quantitative estimate of drug-likeness (QED) is 0.816. The first kappa shape index (κ1) is 11.3. The number of anilines is 1. The summed E-state index contributed by atoms with van der Waals surface area (Å²) in [4.78, 5) is 8.28. The first-order valence-electron chi connectivity index (χ1n) is 6.47. The second-order valence-corrected chi connectivity index (χ2v) is 5.72. The van der Waals surface area contributed by atoms with E-state index in [1.807, 2.05) is 13.0 Å². The number of aryl methyl sites for hydroxylation is 1. The minimum absolute atomic E-state index is 0.335. The highest BCUT2D eigenvalue weighted by Crippen LogP contribution is 2.49. The van der Waals surface area contributed by atoms with Gasteiger partial charge in [0, 0.05) is 18.3 Å². The van der Waals surface area contributed by atoms with Gasteiger partial charge in [0.2, 0.25) is 5.28 Å². The van der Waals surface area contributed by atoms with E-state index in [0.717, 1.165) is 35.8 Å². The summed E-state index contributed by atoms with van der Waals surface area (Å²) in [6.07, 6.45) is 5.69. The SMILES string of the molecule is Cc1cc(NCC(C2CC2)C2CC2)nc(Cl)n1.